The summed E-state index contributed by atoms with van der Waals surface area (Å²) in [7, 11) is -2.25. The van der Waals surface area contributed by atoms with Crippen molar-refractivity contribution in [3.63, 3.8) is 0 Å². The number of aromatic nitrogens is 4. The van der Waals surface area contributed by atoms with Gasteiger partial charge in [0.25, 0.3) is 16.6 Å². The molecule has 60 heavy (non-hydrogen) atoms. The van der Waals surface area contributed by atoms with Crippen LogP contribution in [0.5, 0.6) is 0 Å². The second kappa shape index (κ2) is 17.1. The predicted molar refractivity (Wildman–Crippen MR) is 244 cm³/mol. The number of hydrogen-bond donors (Lipinski definition) is 0. The summed E-state index contributed by atoms with van der Waals surface area (Å²) in [6, 6.07) is 42.8. The standard InChI is InChI=1S/C46H54N10O2Si2/c1-45(2,3)59(34-21-13-9-14-22-34,35-23-15-10-16-24-35)57-31-33-29-39-42(50-44(52-54-48)55(39)7)41(40-30-49-43(51-53-47)56(40)8)38(33)32-58-60(46(4,5)6,36-25-17-11-18-26-36)37-27-19-12-20-28-37/h9-28,30,33,38,41H,29,31-32H2,1-8H3/t33-,38-,41-/m1/s1. The van der Waals surface area contributed by atoms with E-state index in [4.69, 9.17) is 13.8 Å². The molecule has 0 bridgehead atoms. The van der Waals surface area contributed by atoms with Crippen molar-refractivity contribution in [1.82, 2.24) is 19.1 Å². The molecule has 308 valence electrons. The molecule has 1 aliphatic rings. The molecule has 0 aliphatic heterocycles. The van der Waals surface area contributed by atoms with Crippen molar-refractivity contribution in [3.8, 4) is 0 Å². The highest BCUT2D eigenvalue weighted by Crippen LogP contribution is 2.48. The van der Waals surface area contributed by atoms with E-state index in [1.54, 1.807) is 6.20 Å². The third kappa shape index (κ3) is 7.51. The van der Waals surface area contributed by atoms with Gasteiger partial charge in [0.1, 0.15) is 0 Å². The van der Waals surface area contributed by atoms with Crippen molar-refractivity contribution in [3.05, 3.63) is 165 Å². The van der Waals surface area contributed by atoms with Crippen LogP contribution in [0.3, 0.4) is 0 Å². The molecular formula is C46H54N10O2Si2. The van der Waals surface area contributed by atoms with Crippen molar-refractivity contribution in [2.45, 2.75) is 64.0 Å². The van der Waals surface area contributed by atoms with Crippen LogP contribution in [0.15, 0.2) is 138 Å². The fourth-order valence-electron chi connectivity index (χ4n) is 9.62. The Kier molecular flexibility index (Phi) is 12.1. The predicted octanol–water partition coefficient (Wildman–Crippen LogP) is 9.11. The Labute approximate surface area is 354 Å². The Hall–Kier alpha value is -5.73. The molecule has 0 amide bonds. The van der Waals surface area contributed by atoms with Gasteiger partial charge in [0.15, 0.2) is 11.9 Å². The van der Waals surface area contributed by atoms with Gasteiger partial charge in [-0.25, -0.2) is 9.97 Å². The molecule has 4 aromatic carbocycles. The molecule has 2 aromatic heterocycles. The Balaban J connectivity index is 1.45. The van der Waals surface area contributed by atoms with E-state index in [-0.39, 0.29) is 33.8 Å². The summed E-state index contributed by atoms with van der Waals surface area (Å²) in [5.74, 6) is -0.175. The SMILES string of the molecule is Cn1c([C@@H]2c3nc(N=[N+]=[N-])n(C)c3C[C@H](CO[Si](c3ccccc3)(c3ccccc3)C(C)(C)C)[C@H]2CO[Si](c2ccccc2)(c2ccccc2)C(C)(C)C)cnc1N=[N+]=[N-]. The second-order valence-corrected chi connectivity index (χ2v) is 26.4. The summed E-state index contributed by atoms with van der Waals surface area (Å²) in [4.78, 5) is 15.9. The van der Waals surface area contributed by atoms with Gasteiger partial charge in [0, 0.05) is 60.6 Å². The third-order valence-electron chi connectivity index (χ3n) is 12.4. The lowest BCUT2D eigenvalue weighted by atomic mass is 9.71. The zero-order valence-corrected chi connectivity index (χ0v) is 37.8. The molecule has 0 unspecified atom stereocenters. The Morgan fingerprint density at radius 1 is 0.633 bits per heavy atom. The minimum Gasteiger partial charge on any atom is -0.407 e. The quantitative estimate of drug-likeness (QED) is 0.0493. The lowest BCUT2D eigenvalue weighted by Crippen LogP contribution is -2.67. The molecule has 0 saturated carbocycles. The topological polar surface area (TPSA) is 152 Å². The molecule has 7 rings (SSSR count). The number of hydrogen-bond acceptors (Lipinski definition) is 6. The van der Waals surface area contributed by atoms with E-state index in [1.807, 2.05) is 23.2 Å². The van der Waals surface area contributed by atoms with Gasteiger partial charge in [-0.3, -0.25) is 0 Å². The highest BCUT2D eigenvalue weighted by atomic mass is 28.4. The number of imidazole rings is 2. The summed E-state index contributed by atoms with van der Waals surface area (Å²) < 4.78 is 19.3. The van der Waals surface area contributed by atoms with E-state index in [0.29, 0.717) is 19.6 Å². The maximum Gasteiger partial charge on any atom is 0.261 e. The average molecular weight is 835 g/mol. The van der Waals surface area contributed by atoms with Crippen molar-refractivity contribution in [2.75, 3.05) is 13.2 Å². The van der Waals surface area contributed by atoms with Crippen LogP contribution in [-0.2, 0) is 29.4 Å². The molecule has 0 saturated heterocycles. The molecule has 0 N–H and O–H groups in total. The van der Waals surface area contributed by atoms with Crippen LogP contribution in [0, 0.1) is 11.8 Å². The maximum absolute atomic E-state index is 9.65. The average Bonchev–Trinajstić information content (AvgIpc) is 3.76. The number of nitrogens with zero attached hydrogens (tertiary/aromatic N) is 10. The van der Waals surface area contributed by atoms with Gasteiger partial charge in [0.05, 0.1) is 11.6 Å². The molecule has 1 aliphatic carbocycles. The summed E-state index contributed by atoms with van der Waals surface area (Å²) in [5, 5.41) is 12.2. The molecule has 3 atom stereocenters. The van der Waals surface area contributed by atoms with E-state index < -0.39 is 22.6 Å². The normalized spacial score (nSPS) is 17.0. The Bertz CT molecular complexity index is 2420. The summed E-state index contributed by atoms with van der Waals surface area (Å²) in [6.07, 6.45) is 2.38. The fraction of sp³-hybridized carbons (Fsp3) is 0.348. The molecule has 0 spiro atoms. The van der Waals surface area contributed by atoms with Crippen LogP contribution in [0.4, 0.5) is 11.9 Å². The van der Waals surface area contributed by atoms with Gasteiger partial charge >= 0.3 is 0 Å². The highest BCUT2D eigenvalue weighted by molar-refractivity contribution is 7.00. The zero-order valence-electron chi connectivity index (χ0n) is 35.8. The molecule has 2 heterocycles. The number of benzene rings is 4. The van der Waals surface area contributed by atoms with Crippen LogP contribution in [0.1, 0.15) is 64.5 Å². The zero-order chi connectivity index (χ0) is 42.7. The summed E-state index contributed by atoms with van der Waals surface area (Å²) in [5.41, 5.74) is 21.7. The van der Waals surface area contributed by atoms with E-state index >= 15 is 0 Å². The van der Waals surface area contributed by atoms with Crippen molar-refractivity contribution < 1.29 is 8.85 Å². The van der Waals surface area contributed by atoms with Crippen molar-refractivity contribution in [2.24, 2.45) is 36.2 Å². The first kappa shape index (κ1) is 42.4. The van der Waals surface area contributed by atoms with Crippen LogP contribution in [-0.4, -0.2) is 49.0 Å². The third-order valence-corrected chi connectivity index (χ3v) is 22.4. The van der Waals surface area contributed by atoms with Gasteiger partial charge in [-0.05, 0) is 64.5 Å². The molecular weight excluding hydrogens is 781 g/mol. The molecule has 6 aromatic rings. The second-order valence-electron chi connectivity index (χ2n) is 17.8. The smallest absolute Gasteiger partial charge is 0.261 e. The van der Waals surface area contributed by atoms with Crippen LogP contribution >= 0.6 is 0 Å². The molecule has 12 nitrogen and oxygen atoms in total. The van der Waals surface area contributed by atoms with Gasteiger partial charge in [-0.1, -0.05) is 163 Å². The van der Waals surface area contributed by atoms with E-state index in [2.05, 4.69) is 188 Å². The summed E-state index contributed by atoms with van der Waals surface area (Å²) >= 11 is 0. The van der Waals surface area contributed by atoms with Gasteiger partial charge in [0.2, 0.25) is 0 Å². The van der Waals surface area contributed by atoms with Gasteiger partial charge in [-0.15, -0.1) is 0 Å². The first-order valence-corrected chi connectivity index (χ1v) is 24.3. The maximum atomic E-state index is 9.65. The molecule has 0 radical (unpaired) electrons. The van der Waals surface area contributed by atoms with E-state index in [1.165, 1.54) is 20.7 Å². The van der Waals surface area contributed by atoms with Crippen molar-refractivity contribution >= 4 is 49.3 Å². The molecule has 0 fully saturated rings. The summed E-state index contributed by atoms with van der Waals surface area (Å²) in [6.45, 7) is 14.5. The number of azide groups is 2. The van der Waals surface area contributed by atoms with Gasteiger partial charge in [-0.2, -0.15) is 0 Å². The van der Waals surface area contributed by atoms with Crippen LogP contribution in [0.2, 0.25) is 10.1 Å². The monoisotopic (exact) mass is 834 g/mol. The molecule has 14 heteroatoms. The largest absolute Gasteiger partial charge is 0.407 e. The highest BCUT2D eigenvalue weighted by Gasteiger charge is 2.54. The Morgan fingerprint density at radius 3 is 1.47 bits per heavy atom. The lowest BCUT2D eigenvalue weighted by Gasteiger charge is -2.47. The van der Waals surface area contributed by atoms with Crippen LogP contribution < -0.4 is 20.7 Å². The lowest BCUT2D eigenvalue weighted by molar-refractivity contribution is 0.108. The minimum absolute atomic E-state index is 0.102. The number of rotatable bonds is 13. The number of fused-ring (bicyclic) bond motifs is 1. The van der Waals surface area contributed by atoms with Crippen LogP contribution in [0.25, 0.3) is 20.9 Å². The first-order chi connectivity index (χ1) is 28.8. The van der Waals surface area contributed by atoms with Gasteiger partial charge < -0.3 is 18.0 Å². The van der Waals surface area contributed by atoms with E-state index in [9.17, 15) is 11.1 Å². The first-order valence-electron chi connectivity index (χ1n) is 20.5. The minimum atomic E-state index is -3.03. The fourth-order valence-corrected chi connectivity index (χ4v) is 18.8. The van der Waals surface area contributed by atoms with Crippen molar-refractivity contribution in [1.29, 1.82) is 0 Å². The van der Waals surface area contributed by atoms with E-state index in [0.717, 1.165) is 17.1 Å². The Morgan fingerprint density at radius 2 is 1.05 bits per heavy atom.